The topological polar surface area (TPSA) is 76.8 Å². The maximum Gasteiger partial charge on any atom is 0.435 e. The molecule has 0 saturated heterocycles. The summed E-state index contributed by atoms with van der Waals surface area (Å²) in [6, 6.07) is 11.5. The van der Waals surface area contributed by atoms with Crippen LogP contribution in [0.3, 0.4) is 0 Å². The minimum absolute atomic E-state index is 0.0820. The second-order valence-electron chi connectivity index (χ2n) is 7.08. The van der Waals surface area contributed by atoms with Crippen LogP contribution < -0.4 is 0 Å². The van der Waals surface area contributed by atoms with Crippen molar-refractivity contribution < 1.29 is 22.4 Å². The second-order valence-corrected chi connectivity index (χ2v) is 7.08. The Bertz CT molecular complexity index is 1300. The van der Waals surface area contributed by atoms with E-state index in [1.807, 2.05) is 12.1 Å². The molecule has 7 nitrogen and oxygen atoms in total. The van der Waals surface area contributed by atoms with Gasteiger partial charge in [-0.3, -0.25) is 4.79 Å². The van der Waals surface area contributed by atoms with Gasteiger partial charge in [0.05, 0.1) is 17.7 Å². The first-order chi connectivity index (χ1) is 15.1. The van der Waals surface area contributed by atoms with Crippen molar-refractivity contribution >= 4 is 16.8 Å². The van der Waals surface area contributed by atoms with Crippen molar-refractivity contribution in [3.8, 4) is 5.69 Å². The fourth-order valence-corrected chi connectivity index (χ4v) is 3.27. The highest BCUT2D eigenvalue weighted by Gasteiger charge is 2.42. The van der Waals surface area contributed by atoms with Gasteiger partial charge in [-0.1, -0.05) is 23.4 Å². The summed E-state index contributed by atoms with van der Waals surface area (Å²) >= 11 is 0. The summed E-state index contributed by atoms with van der Waals surface area (Å²) in [6.45, 7) is 1.65. The number of hydrogen-bond acceptors (Lipinski definition) is 5. The van der Waals surface area contributed by atoms with Crippen molar-refractivity contribution in [1.29, 1.82) is 0 Å². The first-order valence-corrected chi connectivity index (χ1v) is 9.41. The van der Waals surface area contributed by atoms with E-state index in [0.717, 1.165) is 34.6 Å². The molecule has 32 heavy (non-hydrogen) atoms. The van der Waals surface area contributed by atoms with Gasteiger partial charge in [0, 0.05) is 18.1 Å². The standard InChI is InChI=1S/C21H16F4N6O/c1-12-15-5-3-4-6-16(15)27-17(26-12)11-30(2)20(32)18-19(21(23,24)25)31(29-28-18)14-9-7-13(22)8-10-14/h3-10H,11H2,1-2H3. The summed E-state index contributed by atoms with van der Waals surface area (Å²) in [7, 11) is 1.33. The van der Waals surface area contributed by atoms with Gasteiger partial charge in [-0.2, -0.15) is 13.2 Å². The first-order valence-electron chi connectivity index (χ1n) is 9.41. The number of alkyl halides is 3. The minimum atomic E-state index is -4.93. The summed E-state index contributed by atoms with van der Waals surface area (Å²) in [5.74, 6) is -1.35. The fourth-order valence-electron chi connectivity index (χ4n) is 3.27. The average Bonchev–Trinajstić information content (AvgIpc) is 3.19. The van der Waals surface area contributed by atoms with Gasteiger partial charge < -0.3 is 4.90 Å². The fraction of sp³-hybridized carbons (Fsp3) is 0.190. The third-order valence-electron chi connectivity index (χ3n) is 4.78. The molecule has 0 aliphatic rings. The lowest BCUT2D eigenvalue weighted by Gasteiger charge is -2.17. The van der Waals surface area contributed by atoms with Crippen LogP contribution in [0.25, 0.3) is 16.6 Å². The van der Waals surface area contributed by atoms with Crippen molar-refractivity contribution in [2.45, 2.75) is 19.6 Å². The van der Waals surface area contributed by atoms with E-state index in [-0.39, 0.29) is 18.1 Å². The summed E-state index contributed by atoms with van der Waals surface area (Å²) in [5.41, 5.74) is -0.960. The van der Waals surface area contributed by atoms with Gasteiger partial charge in [0.1, 0.15) is 11.6 Å². The van der Waals surface area contributed by atoms with E-state index in [0.29, 0.717) is 15.9 Å². The van der Waals surface area contributed by atoms with Crippen LogP contribution in [0.2, 0.25) is 0 Å². The Labute approximate surface area is 179 Å². The molecule has 0 aliphatic carbocycles. The molecule has 2 aromatic carbocycles. The number of halogens is 4. The number of benzene rings is 2. The summed E-state index contributed by atoms with van der Waals surface area (Å²) in [6.07, 6.45) is -4.93. The van der Waals surface area contributed by atoms with Crippen LogP contribution in [-0.2, 0) is 12.7 Å². The van der Waals surface area contributed by atoms with E-state index >= 15 is 0 Å². The minimum Gasteiger partial charge on any atom is -0.333 e. The van der Waals surface area contributed by atoms with Gasteiger partial charge in [-0.15, -0.1) is 5.10 Å². The van der Waals surface area contributed by atoms with Crippen molar-refractivity contribution in [2.24, 2.45) is 0 Å². The van der Waals surface area contributed by atoms with Gasteiger partial charge in [0.15, 0.2) is 11.4 Å². The van der Waals surface area contributed by atoms with E-state index < -0.39 is 29.3 Å². The van der Waals surface area contributed by atoms with Crippen LogP contribution in [-0.4, -0.2) is 42.8 Å². The predicted molar refractivity (Wildman–Crippen MR) is 106 cm³/mol. The van der Waals surface area contributed by atoms with Crippen molar-refractivity contribution in [2.75, 3.05) is 7.05 Å². The Morgan fingerprint density at radius 2 is 1.75 bits per heavy atom. The lowest BCUT2D eigenvalue weighted by Crippen LogP contribution is -2.30. The molecule has 2 aromatic heterocycles. The number of hydrogen-bond donors (Lipinski definition) is 0. The highest BCUT2D eigenvalue weighted by atomic mass is 19.4. The number of nitrogens with zero attached hydrogens (tertiary/aromatic N) is 6. The Morgan fingerprint density at radius 1 is 1.06 bits per heavy atom. The average molecular weight is 444 g/mol. The largest absolute Gasteiger partial charge is 0.435 e. The zero-order valence-electron chi connectivity index (χ0n) is 16.9. The molecule has 4 rings (SSSR count). The number of carbonyl (C=O) groups excluding carboxylic acids is 1. The van der Waals surface area contributed by atoms with Gasteiger partial charge >= 0.3 is 6.18 Å². The monoisotopic (exact) mass is 444 g/mol. The van der Waals surface area contributed by atoms with Gasteiger partial charge in [0.25, 0.3) is 5.91 Å². The zero-order valence-corrected chi connectivity index (χ0v) is 16.9. The quantitative estimate of drug-likeness (QED) is 0.446. The second kappa shape index (κ2) is 7.98. The summed E-state index contributed by atoms with van der Waals surface area (Å²) in [4.78, 5) is 22.6. The van der Waals surface area contributed by atoms with E-state index in [2.05, 4.69) is 20.3 Å². The molecule has 0 N–H and O–H groups in total. The Morgan fingerprint density at radius 3 is 2.44 bits per heavy atom. The normalized spacial score (nSPS) is 11.7. The van der Waals surface area contributed by atoms with Gasteiger partial charge in [-0.05, 0) is 37.3 Å². The molecule has 164 valence electrons. The summed E-state index contributed by atoms with van der Waals surface area (Å²) < 4.78 is 55.1. The van der Waals surface area contributed by atoms with Crippen LogP contribution >= 0.6 is 0 Å². The van der Waals surface area contributed by atoms with Crippen LogP contribution in [0.1, 0.15) is 27.7 Å². The molecular formula is C21H16F4N6O. The molecule has 0 spiro atoms. The molecule has 0 bridgehead atoms. The molecule has 0 saturated carbocycles. The van der Waals surface area contributed by atoms with Crippen LogP contribution in [0, 0.1) is 12.7 Å². The zero-order chi connectivity index (χ0) is 23.0. The molecule has 0 atom stereocenters. The summed E-state index contributed by atoms with van der Waals surface area (Å²) in [5, 5.41) is 7.81. The molecule has 0 aliphatic heterocycles. The molecule has 1 amide bonds. The highest BCUT2D eigenvalue weighted by molar-refractivity contribution is 5.93. The molecule has 4 aromatic rings. The lowest BCUT2D eigenvalue weighted by molar-refractivity contribution is -0.143. The molecule has 0 unspecified atom stereocenters. The number of aryl methyl sites for hydroxylation is 1. The Balaban J connectivity index is 1.67. The predicted octanol–water partition coefficient (Wildman–Crippen LogP) is 3.95. The molecular weight excluding hydrogens is 428 g/mol. The maximum atomic E-state index is 13.8. The number of aromatic nitrogens is 5. The van der Waals surface area contributed by atoms with Crippen LogP contribution in [0.15, 0.2) is 48.5 Å². The number of rotatable bonds is 4. The Hall–Kier alpha value is -3.89. The van der Waals surface area contributed by atoms with E-state index in [1.165, 1.54) is 7.05 Å². The highest BCUT2D eigenvalue weighted by Crippen LogP contribution is 2.33. The van der Waals surface area contributed by atoms with Crippen molar-refractivity contribution in [3.05, 3.63) is 77.3 Å². The SMILES string of the molecule is Cc1nc(CN(C)C(=O)c2nnn(-c3ccc(F)cc3)c2C(F)(F)F)nc2ccccc12. The first kappa shape index (κ1) is 21.3. The van der Waals surface area contributed by atoms with Gasteiger partial charge in [0.2, 0.25) is 0 Å². The molecule has 0 radical (unpaired) electrons. The Kier molecular flexibility index (Phi) is 5.33. The van der Waals surface area contributed by atoms with Crippen LogP contribution in [0.4, 0.5) is 17.6 Å². The number of fused-ring (bicyclic) bond motifs is 1. The van der Waals surface area contributed by atoms with E-state index in [9.17, 15) is 22.4 Å². The molecule has 11 heteroatoms. The molecule has 2 heterocycles. The van der Waals surface area contributed by atoms with Crippen molar-refractivity contribution in [3.63, 3.8) is 0 Å². The van der Waals surface area contributed by atoms with E-state index in [1.54, 1.807) is 19.1 Å². The smallest absolute Gasteiger partial charge is 0.333 e. The van der Waals surface area contributed by atoms with E-state index in [4.69, 9.17) is 0 Å². The number of para-hydroxylation sites is 1. The third-order valence-corrected chi connectivity index (χ3v) is 4.78. The maximum absolute atomic E-state index is 13.8. The van der Waals surface area contributed by atoms with Gasteiger partial charge in [-0.25, -0.2) is 19.0 Å². The number of carbonyl (C=O) groups is 1. The van der Waals surface area contributed by atoms with Crippen molar-refractivity contribution in [1.82, 2.24) is 29.9 Å². The van der Waals surface area contributed by atoms with Crippen LogP contribution in [0.5, 0.6) is 0 Å². The molecule has 0 fully saturated rings. The lowest BCUT2D eigenvalue weighted by atomic mass is 10.2. The number of amides is 1. The third kappa shape index (κ3) is 4.01.